The second-order valence-corrected chi connectivity index (χ2v) is 11.5. The molecule has 2 fully saturated rings. The van der Waals surface area contributed by atoms with Gasteiger partial charge in [-0.05, 0) is 78.0 Å². The Balaban J connectivity index is 1.76. The number of nitrogens with zero attached hydrogens (tertiary/aromatic N) is 2. The molecular weight excluding hydrogens is 442 g/mol. The quantitative estimate of drug-likeness (QED) is 0.536. The highest BCUT2D eigenvalue weighted by Crippen LogP contribution is 2.34. The van der Waals surface area contributed by atoms with E-state index in [1.54, 1.807) is 9.80 Å². The summed E-state index contributed by atoms with van der Waals surface area (Å²) in [5.74, 6) is -3.52. The number of carbonyl (C=O) groups is 2. The topological polar surface area (TPSA) is 59.1 Å². The van der Waals surface area contributed by atoms with Crippen LogP contribution in [0.2, 0.25) is 0 Å². The third kappa shape index (κ3) is 7.31. The Hall–Kier alpha value is -2.38. The van der Waals surface area contributed by atoms with E-state index in [-0.39, 0.29) is 30.9 Å². The standard InChI is InChI=1S/C26H38F2N2O4/c1-24(2,3)33-22(31)21(19-10-12-29(16-19)23(32)34-25(4,5)6)15-18-8-7-9-20(14-18)30-13-11-26(27,28)17-30/h7-9,14,19,21H,10-13,15-17H2,1-6H3/t19-,21-/m0/s1. The first-order chi connectivity index (χ1) is 15.6. The molecule has 0 bridgehead atoms. The highest BCUT2D eigenvalue weighted by atomic mass is 19.3. The molecule has 0 spiro atoms. The average molecular weight is 481 g/mol. The van der Waals surface area contributed by atoms with Crippen LogP contribution in [0.1, 0.15) is 59.9 Å². The predicted molar refractivity (Wildman–Crippen MR) is 127 cm³/mol. The van der Waals surface area contributed by atoms with Gasteiger partial charge in [0.1, 0.15) is 11.2 Å². The Morgan fingerprint density at radius 3 is 2.35 bits per heavy atom. The summed E-state index contributed by atoms with van der Waals surface area (Å²) in [6.07, 6.45) is 0.552. The fraction of sp³-hybridized carbons (Fsp3) is 0.692. The number of carbonyl (C=O) groups excluding carboxylic acids is 2. The molecule has 2 aliphatic heterocycles. The molecule has 0 radical (unpaired) electrons. The summed E-state index contributed by atoms with van der Waals surface area (Å²) in [6.45, 7) is 11.9. The molecule has 2 heterocycles. The van der Waals surface area contributed by atoms with Crippen LogP contribution < -0.4 is 4.90 Å². The summed E-state index contributed by atoms with van der Waals surface area (Å²) in [5.41, 5.74) is 0.396. The van der Waals surface area contributed by atoms with Crippen LogP contribution >= 0.6 is 0 Å². The summed E-state index contributed by atoms with van der Waals surface area (Å²) in [4.78, 5) is 29.1. The molecule has 0 N–H and O–H groups in total. The minimum Gasteiger partial charge on any atom is -0.460 e. The van der Waals surface area contributed by atoms with Gasteiger partial charge < -0.3 is 19.3 Å². The van der Waals surface area contributed by atoms with Crippen LogP contribution in [-0.2, 0) is 20.7 Å². The molecule has 1 aromatic carbocycles. The van der Waals surface area contributed by atoms with E-state index in [2.05, 4.69) is 0 Å². The third-order valence-electron chi connectivity index (χ3n) is 6.06. The Morgan fingerprint density at radius 2 is 1.76 bits per heavy atom. The van der Waals surface area contributed by atoms with Crippen molar-refractivity contribution in [1.82, 2.24) is 4.90 Å². The number of ether oxygens (including phenoxy) is 2. The van der Waals surface area contributed by atoms with Gasteiger partial charge in [-0.2, -0.15) is 0 Å². The second-order valence-electron chi connectivity index (χ2n) is 11.5. The highest BCUT2D eigenvalue weighted by Gasteiger charge is 2.40. The molecule has 3 rings (SSSR count). The maximum Gasteiger partial charge on any atom is 0.410 e. The molecule has 34 heavy (non-hydrogen) atoms. The monoisotopic (exact) mass is 480 g/mol. The van der Waals surface area contributed by atoms with Gasteiger partial charge in [-0.1, -0.05) is 12.1 Å². The molecule has 0 aromatic heterocycles. The van der Waals surface area contributed by atoms with Gasteiger partial charge in [-0.25, -0.2) is 13.6 Å². The number of anilines is 1. The van der Waals surface area contributed by atoms with Gasteiger partial charge in [-0.3, -0.25) is 4.79 Å². The first-order valence-electron chi connectivity index (χ1n) is 12.0. The Labute approximate surface area is 201 Å². The third-order valence-corrected chi connectivity index (χ3v) is 6.06. The smallest absolute Gasteiger partial charge is 0.410 e. The van der Waals surface area contributed by atoms with Gasteiger partial charge in [0.25, 0.3) is 5.92 Å². The van der Waals surface area contributed by atoms with E-state index in [9.17, 15) is 18.4 Å². The zero-order valence-corrected chi connectivity index (χ0v) is 21.2. The van der Waals surface area contributed by atoms with Crippen molar-refractivity contribution in [3.63, 3.8) is 0 Å². The lowest BCUT2D eigenvalue weighted by Gasteiger charge is -2.28. The lowest BCUT2D eigenvalue weighted by molar-refractivity contribution is -0.161. The molecule has 2 atom stereocenters. The Kier molecular flexibility index (Phi) is 7.48. The molecule has 0 aliphatic carbocycles. The van der Waals surface area contributed by atoms with Crippen molar-refractivity contribution in [2.24, 2.45) is 11.8 Å². The van der Waals surface area contributed by atoms with Gasteiger partial charge in [0, 0.05) is 31.7 Å². The number of amides is 1. The van der Waals surface area contributed by atoms with Crippen molar-refractivity contribution >= 4 is 17.7 Å². The number of rotatable bonds is 5. The van der Waals surface area contributed by atoms with Crippen molar-refractivity contribution < 1.29 is 27.8 Å². The van der Waals surface area contributed by atoms with Crippen molar-refractivity contribution in [3.05, 3.63) is 29.8 Å². The number of hydrogen-bond donors (Lipinski definition) is 0. The second kappa shape index (κ2) is 9.70. The van der Waals surface area contributed by atoms with Crippen LogP contribution in [0.4, 0.5) is 19.3 Å². The van der Waals surface area contributed by atoms with Gasteiger partial charge >= 0.3 is 12.1 Å². The molecule has 0 unspecified atom stereocenters. The van der Waals surface area contributed by atoms with Gasteiger partial charge in [0.05, 0.1) is 12.5 Å². The fourth-order valence-electron chi connectivity index (χ4n) is 4.52. The van der Waals surface area contributed by atoms with Crippen LogP contribution in [0.3, 0.4) is 0 Å². The van der Waals surface area contributed by atoms with Crippen LogP contribution in [0, 0.1) is 11.8 Å². The van der Waals surface area contributed by atoms with Gasteiger partial charge in [0.15, 0.2) is 0 Å². The first-order valence-corrected chi connectivity index (χ1v) is 12.0. The number of hydrogen-bond acceptors (Lipinski definition) is 5. The molecule has 1 aromatic rings. The van der Waals surface area contributed by atoms with Crippen LogP contribution in [0.5, 0.6) is 0 Å². The minimum atomic E-state index is -2.68. The summed E-state index contributed by atoms with van der Waals surface area (Å²) in [5, 5.41) is 0. The fourth-order valence-corrected chi connectivity index (χ4v) is 4.52. The van der Waals surface area contributed by atoms with E-state index in [1.165, 1.54) is 0 Å². The number of alkyl halides is 2. The molecule has 2 aliphatic rings. The summed E-state index contributed by atoms with van der Waals surface area (Å²) in [7, 11) is 0. The molecule has 6 nitrogen and oxygen atoms in total. The van der Waals surface area contributed by atoms with E-state index >= 15 is 0 Å². The molecule has 1 amide bonds. The minimum absolute atomic E-state index is 0.0813. The van der Waals surface area contributed by atoms with E-state index in [4.69, 9.17) is 9.47 Å². The normalized spacial score (nSPS) is 21.5. The first kappa shape index (κ1) is 26.2. The molecule has 0 saturated carbocycles. The molecule has 2 saturated heterocycles. The van der Waals surface area contributed by atoms with E-state index in [0.717, 1.165) is 11.3 Å². The summed E-state index contributed by atoms with van der Waals surface area (Å²) < 4.78 is 38.7. The maximum absolute atomic E-state index is 13.7. The van der Waals surface area contributed by atoms with Gasteiger partial charge in [-0.15, -0.1) is 0 Å². The lowest BCUT2D eigenvalue weighted by atomic mass is 9.86. The van der Waals surface area contributed by atoms with Crippen molar-refractivity contribution in [2.45, 2.75) is 77.9 Å². The highest BCUT2D eigenvalue weighted by molar-refractivity contribution is 5.74. The Bertz CT molecular complexity index is 892. The van der Waals surface area contributed by atoms with E-state index < -0.39 is 23.0 Å². The van der Waals surface area contributed by atoms with Gasteiger partial charge in [0.2, 0.25) is 0 Å². The van der Waals surface area contributed by atoms with Crippen LogP contribution in [0.25, 0.3) is 0 Å². The number of halogens is 2. The van der Waals surface area contributed by atoms with Crippen molar-refractivity contribution in [2.75, 3.05) is 31.1 Å². The summed E-state index contributed by atoms with van der Waals surface area (Å²) in [6, 6.07) is 7.47. The zero-order chi connectivity index (χ0) is 25.3. The summed E-state index contributed by atoms with van der Waals surface area (Å²) >= 11 is 0. The van der Waals surface area contributed by atoms with Crippen LogP contribution in [-0.4, -0.2) is 60.3 Å². The number of benzene rings is 1. The molecule has 8 heteroatoms. The zero-order valence-electron chi connectivity index (χ0n) is 21.2. The van der Waals surface area contributed by atoms with E-state index in [1.807, 2.05) is 65.8 Å². The predicted octanol–water partition coefficient (Wildman–Crippen LogP) is 5.29. The molecular formula is C26H38F2N2O4. The maximum atomic E-state index is 13.7. The van der Waals surface area contributed by atoms with Crippen molar-refractivity contribution in [3.8, 4) is 0 Å². The number of esters is 1. The average Bonchev–Trinajstić information content (AvgIpc) is 3.30. The lowest BCUT2D eigenvalue weighted by Crippen LogP contribution is -2.38. The molecule has 190 valence electrons. The number of likely N-dealkylation sites (tertiary alicyclic amines) is 1. The van der Waals surface area contributed by atoms with Crippen LogP contribution in [0.15, 0.2) is 24.3 Å². The Morgan fingerprint density at radius 1 is 1.09 bits per heavy atom. The van der Waals surface area contributed by atoms with E-state index in [0.29, 0.717) is 32.5 Å². The van der Waals surface area contributed by atoms with Crippen molar-refractivity contribution in [1.29, 1.82) is 0 Å². The SMILES string of the molecule is CC(C)(C)OC(=O)[C@@H](Cc1cccc(N2CCC(F)(F)C2)c1)[C@H]1CCN(C(=O)OC(C)(C)C)C1. The largest absolute Gasteiger partial charge is 0.460 e.